The summed E-state index contributed by atoms with van der Waals surface area (Å²) in [6, 6.07) is 0. The number of nitrogens with zero attached hydrogens (tertiary/aromatic N) is 3. The smallest absolute Gasteiger partial charge is 0.241 e. The lowest BCUT2D eigenvalue weighted by molar-refractivity contribution is -0.121. The first-order valence-electron chi connectivity index (χ1n) is 5.53. The molecule has 0 aliphatic rings. The normalized spacial score (nSPS) is 10.3. The van der Waals surface area contributed by atoms with Crippen LogP contribution in [0.1, 0.15) is 25.7 Å². The van der Waals surface area contributed by atoms with E-state index in [1.807, 2.05) is 0 Å². The van der Waals surface area contributed by atoms with Gasteiger partial charge in [0.2, 0.25) is 5.91 Å². The molecule has 0 saturated heterocycles. The SMILES string of the molecule is O=C(Cn1cncn1)NCCCCCCO. The van der Waals surface area contributed by atoms with E-state index in [1.54, 1.807) is 0 Å². The molecule has 0 aliphatic heterocycles. The molecule has 0 saturated carbocycles. The predicted molar refractivity (Wildman–Crippen MR) is 58.6 cm³/mol. The standard InChI is InChI=1S/C10H18N4O2/c15-6-4-2-1-3-5-12-10(16)7-14-9-11-8-13-14/h8-9,15H,1-7H2,(H,12,16). The molecule has 0 aromatic carbocycles. The number of nitrogens with one attached hydrogen (secondary N) is 1. The lowest BCUT2D eigenvalue weighted by Crippen LogP contribution is -2.28. The van der Waals surface area contributed by atoms with E-state index in [-0.39, 0.29) is 19.1 Å². The molecule has 0 unspecified atom stereocenters. The van der Waals surface area contributed by atoms with Gasteiger partial charge in [-0.1, -0.05) is 12.8 Å². The van der Waals surface area contributed by atoms with Crippen molar-refractivity contribution in [1.82, 2.24) is 20.1 Å². The molecule has 1 aromatic heterocycles. The van der Waals surface area contributed by atoms with Crippen LogP contribution in [0.5, 0.6) is 0 Å². The van der Waals surface area contributed by atoms with Gasteiger partial charge in [-0.25, -0.2) is 9.67 Å². The fraction of sp³-hybridized carbons (Fsp3) is 0.700. The maximum Gasteiger partial charge on any atom is 0.241 e. The van der Waals surface area contributed by atoms with Gasteiger partial charge in [0.05, 0.1) is 0 Å². The van der Waals surface area contributed by atoms with Gasteiger partial charge in [0.1, 0.15) is 19.2 Å². The Hall–Kier alpha value is -1.43. The molecule has 16 heavy (non-hydrogen) atoms. The van der Waals surface area contributed by atoms with Gasteiger partial charge < -0.3 is 10.4 Å². The minimum atomic E-state index is -0.0485. The Morgan fingerprint density at radius 3 is 2.81 bits per heavy atom. The fourth-order valence-electron chi connectivity index (χ4n) is 1.34. The van der Waals surface area contributed by atoms with Crippen LogP contribution in [0.3, 0.4) is 0 Å². The average molecular weight is 226 g/mol. The van der Waals surface area contributed by atoms with Gasteiger partial charge >= 0.3 is 0 Å². The molecule has 2 N–H and O–H groups in total. The van der Waals surface area contributed by atoms with Gasteiger partial charge in [0.15, 0.2) is 0 Å². The summed E-state index contributed by atoms with van der Waals surface area (Å²) < 4.78 is 1.49. The second-order valence-corrected chi connectivity index (χ2v) is 3.58. The van der Waals surface area contributed by atoms with E-state index in [9.17, 15) is 4.79 Å². The van der Waals surface area contributed by atoms with Crippen LogP contribution < -0.4 is 5.32 Å². The highest BCUT2D eigenvalue weighted by Gasteiger charge is 2.01. The molecule has 90 valence electrons. The van der Waals surface area contributed by atoms with Crippen LogP contribution in [0, 0.1) is 0 Å². The third kappa shape index (κ3) is 5.45. The Bertz CT molecular complexity index is 287. The molecule has 0 radical (unpaired) electrons. The van der Waals surface area contributed by atoms with Crippen molar-refractivity contribution in [3.05, 3.63) is 12.7 Å². The summed E-state index contributed by atoms with van der Waals surface area (Å²) in [7, 11) is 0. The third-order valence-electron chi connectivity index (χ3n) is 2.18. The molecule has 1 heterocycles. The van der Waals surface area contributed by atoms with Crippen LogP contribution in [0.15, 0.2) is 12.7 Å². The molecule has 0 bridgehead atoms. The highest BCUT2D eigenvalue weighted by molar-refractivity contribution is 5.75. The van der Waals surface area contributed by atoms with E-state index in [4.69, 9.17) is 5.11 Å². The van der Waals surface area contributed by atoms with Crippen molar-refractivity contribution in [2.75, 3.05) is 13.2 Å². The lowest BCUT2D eigenvalue weighted by atomic mass is 10.2. The maximum atomic E-state index is 11.4. The molecule has 1 aromatic rings. The Kier molecular flexibility index (Phi) is 6.17. The zero-order valence-corrected chi connectivity index (χ0v) is 9.30. The molecule has 1 amide bonds. The maximum absolute atomic E-state index is 11.4. The van der Waals surface area contributed by atoms with Crippen LogP contribution in [0.25, 0.3) is 0 Å². The highest BCUT2D eigenvalue weighted by atomic mass is 16.2. The number of amides is 1. The van der Waals surface area contributed by atoms with Crippen molar-refractivity contribution in [1.29, 1.82) is 0 Å². The third-order valence-corrected chi connectivity index (χ3v) is 2.18. The number of unbranched alkanes of at least 4 members (excludes halogenated alkanes) is 3. The number of carbonyl (C=O) groups is 1. The average Bonchev–Trinajstić information content (AvgIpc) is 2.76. The van der Waals surface area contributed by atoms with Crippen molar-refractivity contribution in [2.24, 2.45) is 0 Å². The van der Waals surface area contributed by atoms with E-state index < -0.39 is 0 Å². The number of hydrogen-bond donors (Lipinski definition) is 2. The lowest BCUT2D eigenvalue weighted by Gasteiger charge is -2.04. The number of aliphatic hydroxyl groups excluding tert-OH is 1. The van der Waals surface area contributed by atoms with Crippen LogP contribution in [0.2, 0.25) is 0 Å². The monoisotopic (exact) mass is 226 g/mol. The summed E-state index contributed by atoms with van der Waals surface area (Å²) in [5, 5.41) is 15.2. The number of rotatable bonds is 8. The molecule has 0 atom stereocenters. The second-order valence-electron chi connectivity index (χ2n) is 3.58. The summed E-state index contributed by atoms with van der Waals surface area (Å²) in [6.07, 6.45) is 6.75. The fourth-order valence-corrected chi connectivity index (χ4v) is 1.34. The Morgan fingerprint density at radius 2 is 2.12 bits per heavy atom. The number of aliphatic hydroxyl groups is 1. The zero-order chi connectivity index (χ0) is 11.6. The van der Waals surface area contributed by atoms with Gasteiger partial charge in [-0.15, -0.1) is 0 Å². The predicted octanol–water partition coefficient (Wildman–Crippen LogP) is -0.0530. The summed E-state index contributed by atoms with van der Waals surface area (Å²) in [5.41, 5.74) is 0. The molecule has 0 fully saturated rings. The summed E-state index contributed by atoms with van der Waals surface area (Å²) >= 11 is 0. The topological polar surface area (TPSA) is 80.0 Å². The van der Waals surface area contributed by atoms with E-state index in [0.29, 0.717) is 6.54 Å². The molecule has 6 heteroatoms. The summed E-state index contributed by atoms with van der Waals surface area (Å²) in [6.45, 7) is 1.15. The van der Waals surface area contributed by atoms with Crippen LogP contribution >= 0.6 is 0 Å². The zero-order valence-electron chi connectivity index (χ0n) is 9.30. The molecule has 0 spiro atoms. The van der Waals surface area contributed by atoms with Gasteiger partial charge in [0.25, 0.3) is 0 Å². The Morgan fingerprint density at radius 1 is 1.31 bits per heavy atom. The second kappa shape index (κ2) is 7.81. The first-order chi connectivity index (χ1) is 7.83. The van der Waals surface area contributed by atoms with Gasteiger partial charge in [-0.05, 0) is 12.8 Å². The minimum absolute atomic E-state index is 0.0485. The minimum Gasteiger partial charge on any atom is -0.396 e. The van der Waals surface area contributed by atoms with Gasteiger partial charge in [-0.3, -0.25) is 4.79 Å². The molecule has 1 rings (SSSR count). The van der Waals surface area contributed by atoms with Gasteiger partial charge in [0, 0.05) is 13.2 Å². The van der Waals surface area contributed by atoms with E-state index >= 15 is 0 Å². The summed E-state index contributed by atoms with van der Waals surface area (Å²) in [4.78, 5) is 15.1. The van der Waals surface area contributed by atoms with Crippen molar-refractivity contribution in [2.45, 2.75) is 32.2 Å². The van der Waals surface area contributed by atoms with E-state index in [0.717, 1.165) is 25.7 Å². The molecular formula is C10H18N4O2. The van der Waals surface area contributed by atoms with Crippen molar-refractivity contribution < 1.29 is 9.90 Å². The number of carbonyl (C=O) groups excluding carboxylic acids is 1. The van der Waals surface area contributed by atoms with Crippen molar-refractivity contribution >= 4 is 5.91 Å². The highest BCUT2D eigenvalue weighted by Crippen LogP contribution is 1.97. The van der Waals surface area contributed by atoms with E-state index in [1.165, 1.54) is 17.3 Å². The van der Waals surface area contributed by atoms with Gasteiger partial charge in [-0.2, -0.15) is 5.10 Å². The Labute approximate surface area is 94.7 Å². The first kappa shape index (κ1) is 12.6. The van der Waals surface area contributed by atoms with Crippen molar-refractivity contribution in [3.8, 4) is 0 Å². The molecule has 0 aliphatic carbocycles. The van der Waals surface area contributed by atoms with Crippen LogP contribution in [-0.4, -0.2) is 38.9 Å². The first-order valence-corrected chi connectivity index (χ1v) is 5.53. The molecular weight excluding hydrogens is 208 g/mol. The quantitative estimate of drug-likeness (QED) is 0.609. The summed E-state index contributed by atoms with van der Waals surface area (Å²) in [5.74, 6) is -0.0485. The number of hydrogen-bond acceptors (Lipinski definition) is 4. The van der Waals surface area contributed by atoms with Crippen LogP contribution in [0.4, 0.5) is 0 Å². The van der Waals surface area contributed by atoms with E-state index in [2.05, 4.69) is 15.4 Å². The largest absolute Gasteiger partial charge is 0.396 e. The Balaban J connectivity index is 1.98. The van der Waals surface area contributed by atoms with Crippen LogP contribution in [-0.2, 0) is 11.3 Å². The van der Waals surface area contributed by atoms with Crippen molar-refractivity contribution in [3.63, 3.8) is 0 Å². The molecule has 6 nitrogen and oxygen atoms in total. The number of aromatic nitrogens is 3.